The number of benzene rings is 2. The van der Waals surface area contributed by atoms with Crippen molar-refractivity contribution < 1.29 is 9.84 Å². The van der Waals surface area contributed by atoms with Gasteiger partial charge in [0.05, 0.1) is 7.11 Å². The Bertz CT molecular complexity index is 883. The Morgan fingerprint density at radius 3 is 2.55 bits per heavy atom. The number of rotatable bonds is 4. The molecular formula is C24H31N3O2. The van der Waals surface area contributed by atoms with Crippen molar-refractivity contribution in [2.24, 2.45) is 4.99 Å². The Kier molecular flexibility index (Phi) is 5.61. The molecular weight excluding hydrogens is 362 g/mol. The fourth-order valence-electron chi connectivity index (χ4n) is 4.50. The molecule has 0 unspecified atom stereocenters. The summed E-state index contributed by atoms with van der Waals surface area (Å²) in [6, 6.07) is 14.3. The van der Waals surface area contributed by atoms with Crippen LogP contribution in [0, 0.1) is 6.92 Å². The molecule has 1 atom stereocenters. The number of hydrogen-bond donors (Lipinski definition) is 2. The van der Waals surface area contributed by atoms with Crippen molar-refractivity contribution >= 4 is 5.71 Å². The Morgan fingerprint density at radius 1 is 1.17 bits per heavy atom. The van der Waals surface area contributed by atoms with E-state index in [-0.39, 0.29) is 17.5 Å². The predicted molar refractivity (Wildman–Crippen MR) is 117 cm³/mol. The molecule has 0 bridgehead atoms. The van der Waals surface area contributed by atoms with E-state index in [0.717, 1.165) is 50.2 Å². The topological polar surface area (TPSA) is 57.1 Å². The Labute approximate surface area is 173 Å². The number of aliphatic imine (C=N–C) groups is 1. The molecule has 0 saturated carbocycles. The zero-order valence-corrected chi connectivity index (χ0v) is 17.6. The van der Waals surface area contributed by atoms with Crippen molar-refractivity contribution in [3.63, 3.8) is 0 Å². The molecule has 0 amide bonds. The van der Waals surface area contributed by atoms with Gasteiger partial charge in [-0.2, -0.15) is 0 Å². The third kappa shape index (κ3) is 4.02. The van der Waals surface area contributed by atoms with Crippen LogP contribution in [0.15, 0.2) is 47.5 Å². The van der Waals surface area contributed by atoms with E-state index < -0.39 is 0 Å². The lowest BCUT2D eigenvalue weighted by Gasteiger charge is -2.45. The average molecular weight is 394 g/mol. The molecule has 0 aliphatic carbocycles. The molecule has 4 rings (SSSR count). The minimum absolute atomic E-state index is 0.00733. The lowest BCUT2D eigenvalue weighted by atomic mass is 9.87. The molecule has 2 aromatic carbocycles. The number of nitrogens with one attached hydrogen (secondary N) is 1. The molecule has 5 nitrogen and oxygen atoms in total. The van der Waals surface area contributed by atoms with Crippen LogP contribution in [0.25, 0.3) is 0 Å². The summed E-state index contributed by atoms with van der Waals surface area (Å²) in [5, 5.41) is 14.6. The molecule has 1 saturated heterocycles. The van der Waals surface area contributed by atoms with E-state index in [1.54, 1.807) is 13.2 Å². The fraction of sp³-hybridized carbons (Fsp3) is 0.458. The first-order valence-electron chi connectivity index (χ1n) is 10.6. The summed E-state index contributed by atoms with van der Waals surface area (Å²) in [5.41, 5.74) is 4.12. The Morgan fingerprint density at radius 2 is 1.90 bits per heavy atom. The van der Waals surface area contributed by atoms with Gasteiger partial charge in [-0.05, 0) is 37.9 Å². The van der Waals surface area contributed by atoms with Crippen LogP contribution in [0.1, 0.15) is 48.9 Å². The summed E-state index contributed by atoms with van der Waals surface area (Å²) >= 11 is 0. The van der Waals surface area contributed by atoms with Gasteiger partial charge >= 0.3 is 0 Å². The third-order valence-electron chi connectivity index (χ3n) is 6.33. The normalized spacial score (nSPS) is 21.8. The lowest BCUT2D eigenvalue weighted by molar-refractivity contribution is 0.129. The van der Waals surface area contributed by atoms with E-state index >= 15 is 0 Å². The van der Waals surface area contributed by atoms with E-state index in [0.29, 0.717) is 5.75 Å². The summed E-state index contributed by atoms with van der Waals surface area (Å²) < 4.78 is 5.35. The third-order valence-corrected chi connectivity index (χ3v) is 6.33. The number of hydrogen-bond acceptors (Lipinski definition) is 5. The first-order chi connectivity index (χ1) is 14.0. The van der Waals surface area contributed by atoms with Crippen LogP contribution in [0.2, 0.25) is 0 Å². The highest BCUT2D eigenvalue weighted by atomic mass is 16.5. The Hall–Kier alpha value is -2.37. The van der Waals surface area contributed by atoms with Gasteiger partial charge in [0.2, 0.25) is 0 Å². The highest BCUT2D eigenvalue weighted by Gasteiger charge is 2.40. The number of phenols is 1. The minimum atomic E-state index is -0.287. The van der Waals surface area contributed by atoms with Crippen LogP contribution in [0.4, 0.5) is 0 Å². The number of aryl methyl sites for hydroxylation is 1. The maximum absolute atomic E-state index is 10.8. The summed E-state index contributed by atoms with van der Waals surface area (Å²) in [4.78, 5) is 7.73. The predicted octanol–water partition coefficient (Wildman–Crippen LogP) is 4.04. The number of phenolic OH excluding ortho intramolecular Hbond substituents is 1. The quantitative estimate of drug-likeness (QED) is 0.823. The minimum Gasteiger partial charge on any atom is -0.504 e. The van der Waals surface area contributed by atoms with Gasteiger partial charge < -0.3 is 14.7 Å². The lowest BCUT2D eigenvalue weighted by Crippen LogP contribution is -2.56. The monoisotopic (exact) mass is 393 g/mol. The number of para-hydroxylation sites is 1. The van der Waals surface area contributed by atoms with Crippen molar-refractivity contribution in [2.75, 3.05) is 26.7 Å². The zero-order valence-electron chi connectivity index (χ0n) is 17.6. The fourth-order valence-corrected chi connectivity index (χ4v) is 4.50. The molecule has 154 valence electrons. The van der Waals surface area contributed by atoms with Gasteiger partial charge in [0, 0.05) is 36.8 Å². The van der Waals surface area contributed by atoms with Gasteiger partial charge in [-0.3, -0.25) is 10.3 Å². The van der Waals surface area contributed by atoms with Crippen LogP contribution in [-0.4, -0.2) is 48.1 Å². The second kappa shape index (κ2) is 8.17. The van der Waals surface area contributed by atoms with Crippen molar-refractivity contribution in [1.29, 1.82) is 0 Å². The number of aromatic hydroxyl groups is 1. The van der Waals surface area contributed by atoms with Crippen molar-refractivity contribution in [3.05, 3.63) is 59.2 Å². The van der Waals surface area contributed by atoms with Gasteiger partial charge in [-0.15, -0.1) is 0 Å². The number of likely N-dealkylation sites (tertiary alicyclic amines) is 1. The summed E-state index contributed by atoms with van der Waals surface area (Å²) in [6.45, 7) is 7.46. The number of piperidine rings is 1. The van der Waals surface area contributed by atoms with E-state index in [4.69, 9.17) is 9.73 Å². The second-order valence-electron chi connectivity index (χ2n) is 8.19. The molecule has 29 heavy (non-hydrogen) atoms. The molecule has 2 aliphatic heterocycles. The van der Waals surface area contributed by atoms with Crippen LogP contribution >= 0.6 is 0 Å². The van der Waals surface area contributed by atoms with Gasteiger partial charge in [0.15, 0.2) is 11.5 Å². The SMILES string of the molecule is CCN1CCC2(CC1)N=C(c1ccc(C)cc1)C[C@H](c1cccc(OC)c1O)N2. The van der Waals surface area contributed by atoms with E-state index in [1.165, 1.54) is 11.1 Å². The standard InChI is InChI=1S/C24H31N3O2/c1-4-27-14-12-24(13-15-27)25-20(18-10-8-17(2)9-11-18)16-21(26-24)19-6-5-7-22(29-3)23(19)28/h5-11,21,26,28H,4,12-16H2,1-3H3/t21-/m1/s1. The summed E-state index contributed by atoms with van der Waals surface area (Å²) in [5.74, 6) is 0.734. The summed E-state index contributed by atoms with van der Waals surface area (Å²) in [6.07, 6.45) is 2.68. The molecule has 2 heterocycles. The van der Waals surface area contributed by atoms with Crippen LogP contribution < -0.4 is 10.1 Å². The molecule has 2 N–H and O–H groups in total. The average Bonchev–Trinajstić information content (AvgIpc) is 2.74. The second-order valence-corrected chi connectivity index (χ2v) is 8.19. The van der Waals surface area contributed by atoms with E-state index in [1.807, 2.05) is 12.1 Å². The van der Waals surface area contributed by atoms with Gasteiger partial charge in [0.25, 0.3) is 0 Å². The highest BCUT2D eigenvalue weighted by molar-refractivity contribution is 6.01. The van der Waals surface area contributed by atoms with Crippen LogP contribution in [0.5, 0.6) is 11.5 Å². The highest BCUT2D eigenvalue weighted by Crippen LogP contribution is 2.40. The van der Waals surface area contributed by atoms with Crippen LogP contribution in [0.3, 0.4) is 0 Å². The molecule has 1 fully saturated rings. The Balaban J connectivity index is 1.72. The molecule has 1 spiro atoms. The molecule has 5 heteroatoms. The van der Waals surface area contributed by atoms with Crippen molar-refractivity contribution in [1.82, 2.24) is 10.2 Å². The smallest absolute Gasteiger partial charge is 0.162 e. The number of ether oxygens (including phenoxy) is 1. The van der Waals surface area contributed by atoms with Gasteiger partial charge in [-0.25, -0.2) is 0 Å². The molecule has 0 radical (unpaired) electrons. The first kappa shape index (κ1) is 19.9. The largest absolute Gasteiger partial charge is 0.504 e. The maximum Gasteiger partial charge on any atom is 0.162 e. The summed E-state index contributed by atoms with van der Waals surface area (Å²) in [7, 11) is 1.59. The maximum atomic E-state index is 10.8. The van der Waals surface area contributed by atoms with Gasteiger partial charge in [-0.1, -0.05) is 48.9 Å². The van der Waals surface area contributed by atoms with E-state index in [2.05, 4.69) is 48.3 Å². The van der Waals surface area contributed by atoms with Crippen LogP contribution in [-0.2, 0) is 0 Å². The number of methoxy groups -OCH3 is 1. The van der Waals surface area contributed by atoms with Crippen molar-refractivity contribution in [2.45, 2.75) is 44.8 Å². The van der Waals surface area contributed by atoms with E-state index in [9.17, 15) is 5.11 Å². The molecule has 2 aromatic rings. The zero-order chi connectivity index (χ0) is 20.4. The molecule has 0 aromatic heterocycles. The van der Waals surface area contributed by atoms with Crippen molar-refractivity contribution in [3.8, 4) is 11.5 Å². The first-order valence-corrected chi connectivity index (χ1v) is 10.6. The molecule has 2 aliphatic rings. The number of nitrogens with zero attached hydrogens (tertiary/aromatic N) is 2. The van der Waals surface area contributed by atoms with Gasteiger partial charge in [0.1, 0.15) is 5.66 Å².